The predicted molar refractivity (Wildman–Crippen MR) is 115 cm³/mol. The molecule has 1 aliphatic rings. The van der Waals surface area contributed by atoms with Crippen molar-refractivity contribution in [1.29, 1.82) is 0 Å². The van der Waals surface area contributed by atoms with Crippen LogP contribution in [0.15, 0.2) is 60.7 Å². The van der Waals surface area contributed by atoms with Crippen LogP contribution in [0, 0.1) is 0 Å². The Labute approximate surface area is 181 Å². The van der Waals surface area contributed by atoms with Gasteiger partial charge in [-0.2, -0.15) is 0 Å². The predicted octanol–water partition coefficient (Wildman–Crippen LogP) is 3.17. The van der Waals surface area contributed by atoms with Gasteiger partial charge in [-0.25, -0.2) is 0 Å². The SMILES string of the molecule is CO[C@@H]1O[C@H](CSC(C)=O)[C@H](O)[C@H](OCc2ccccc2)[C@H]1OCc1ccccc1. The summed E-state index contributed by atoms with van der Waals surface area (Å²) in [6, 6.07) is 19.5. The summed E-state index contributed by atoms with van der Waals surface area (Å²) in [6.45, 7) is 2.14. The highest BCUT2D eigenvalue weighted by Gasteiger charge is 2.47. The van der Waals surface area contributed by atoms with Crippen molar-refractivity contribution in [3.05, 3.63) is 71.8 Å². The molecule has 7 heteroatoms. The summed E-state index contributed by atoms with van der Waals surface area (Å²) in [5.74, 6) is 0.312. The maximum absolute atomic E-state index is 11.4. The molecule has 2 aromatic rings. The number of carbonyl (C=O) groups is 1. The van der Waals surface area contributed by atoms with Crippen LogP contribution in [-0.4, -0.2) is 53.8 Å². The largest absolute Gasteiger partial charge is 0.388 e. The Hall–Kier alpha value is -1.74. The monoisotopic (exact) mass is 432 g/mol. The fraction of sp³-hybridized carbons (Fsp3) is 0.435. The second-order valence-electron chi connectivity index (χ2n) is 7.09. The Morgan fingerprint density at radius 2 is 1.50 bits per heavy atom. The maximum atomic E-state index is 11.4. The van der Waals surface area contributed by atoms with Gasteiger partial charge in [0, 0.05) is 19.8 Å². The molecule has 3 rings (SSSR count). The van der Waals surface area contributed by atoms with E-state index >= 15 is 0 Å². The van der Waals surface area contributed by atoms with Crippen molar-refractivity contribution in [3.63, 3.8) is 0 Å². The van der Waals surface area contributed by atoms with E-state index in [0.29, 0.717) is 19.0 Å². The van der Waals surface area contributed by atoms with Crippen LogP contribution in [0.5, 0.6) is 0 Å². The van der Waals surface area contributed by atoms with Gasteiger partial charge in [-0.1, -0.05) is 72.4 Å². The lowest BCUT2D eigenvalue weighted by Crippen LogP contribution is -2.60. The quantitative estimate of drug-likeness (QED) is 0.652. The zero-order valence-corrected chi connectivity index (χ0v) is 18.0. The number of benzene rings is 2. The molecule has 6 nitrogen and oxygen atoms in total. The fourth-order valence-electron chi connectivity index (χ4n) is 3.32. The van der Waals surface area contributed by atoms with Gasteiger partial charge in [0.15, 0.2) is 11.4 Å². The van der Waals surface area contributed by atoms with Crippen molar-refractivity contribution in [3.8, 4) is 0 Å². The normalized spacial score (nSPS) is 26.4. The zero-order valence-electron chi connectivity index (χ0n) is 17.2. The Morgan fingerprint density at radius 1 is 0.967 bits per heavy atom. The van der Waals surface area contributed by atoms with Gasteiger partial charge in [0.05, 0.1) is 19.3 Å². The minimum atomic E-state index is -0.965. The lowest BCUT2D eigenvalue weighted by Gasteiger charge is -2.43. The average molecular weight is 433 g/mol. The molecule has 1 fully saturated rings. The first kappa shape index (κ1) is 22.9. The number of hydrogen-bond donors (Lipinski definition) is 1. The molecule has 30 heavy (non-hydrogen) atoms. The molecule has 0 aromatic heterocycles. The van der Waals surface area contributed by atoms with Crippen molar-refractivity contribution in [1.82, 2.24) is 0 Å². The van der Waals surface area contributed by atoms with Crippen molar-refractivity contribution in [2.24, 2.45) is 0 Å². The zero-order chi connectivity index (χ0) is 21.3. The highest BCUT2D eigenvalue weighted by molar-refractivity contribution is 8.13. The molecule has 0 unspecified atom stereocenters. The van der Waals surface area contributed by atoms with Crippen LogP contribution in [-0.2, 0) is 37.0 Å². The minimum Gasteiger partial charge on any atom is -0.388 e. The first-order chi connectivity index (χ1) is 14.6. The molecule has 1 heterocycles. The molecule has 0 bridgehead atoms. The van der Waals surface area contributed by atoms with Crippen molar-refractivity contribution in [2.75, 3.05) is 12.9 Å². The standard InChI is InChI=1S/C23H28O6S/c1-16(24)30-15-19-20(25)21(27-13-17-9-5-3-6-10-17)22(23(26-2)29-19)28-14-18-11-7-4-8-12-18/h3-12,19-23,25H,13-15H2,1-2H3/t19-,20+,21+,22-,23-/m1/s1. The number of aliphatic hydroxyl groups is 1. The number of aliphatic hydroxyl groups excluding tert-OH is 1. The van der Waals surface area contributed by atoms with Crippen molar-refractivity contribution < 1.29 is 28.8 Å². The van der Waals surface area contributed by atoms with E-state index in [1.54, 1.807) is 0 Å². The number of hydrogen-bond acceptors (Lipinski definition) is 7. The molecule has 0 radical (unpaired) electrons. The maximum Gasteiger partial charge on any atom is 0.186 e. The number of thioether (sulfide) groups is 1. The molecule has 0 saturated carbocycles. The lowest BCUT2D eigenvalue weighted by atomic mass is 9.99. The molecule has 1 N–H and O–H groups in total. The number of carbonyl (C=O) groups excluding carboxylic acids is 1. The van der Waals surface area contributed by atoms with Gasteiger partial charge < -0.3 is 24.1 Å². The summed E-state index contributed by atoms with van der Waals surface area (Å²) in [6.07, 6.45) is -3.61. The molecule has 0 spiro atoms. The molecule has 1 saturated heterocycles. The van der Waals surface area contributed by atoms with Crippen LogP contribution in [0.1, 0.15) is 18.1 Å². The van der Waals surface area contributed by atoms with Crippen LogP contribution in [0.3, 0.4) is 0 Å². The van der Waals surface area contributed by atoms with E-state index in [4.69, 9.17) is 18.9 Å². The van der Waals surface area contributed by atoms with Gasteiger partial charge in [-0.05, 0) is 11.1 Å². The Kier molecular flexibility index (Phi) is 8.87. The number of rotatable bonds is 9. The molecular weight excluding hydrogens is 404 g/mol. The molecule has 2 aromatic carbocycles. The minimum absolute atomic E-state index is 0.0380. The second-order valence-corrected chi connectivity index (χ2v) is 8.29. The van der Waals surface area contributed by atoms with Gasteiger partial charge in [-0.3, -0.25) is 4.79 Å². The van der Waals surface area contributed by atoms with Gasteiger partial charge in [0.1, 0.15) is 18.3 Å². The summed E-state index contributed by atoms with van der Waals surface area (Å²) >= 11 is 1.11. The van der Waals surface area contributed by atoms with Gasteiger partial charge in [0.2, 0.25) is 0 Å². The number of ether oxygens (including phenoxy) is 4. The summed E-state index contributed by atoms with van der Waals surface area (Å²) < 4.78 is 23.7. The van der Waals surface area contributed by atoms with Crippen LogP contribution in [0.25, 0.3) is 0 Å². The van der Waals surface area contributed by atoms with Crippen LogP contribution in [0.4, 0.5) is 0 Å². The first-order valence-corrected chi connectivity index (χ1v) is 10.9. The Morgan fingerprint density at radius 3 is 2.00 bits per heavy atom. The molecular formula is C23H28O6S. The lowest BCUT2D eigenvalue weighted by molar-refractivity contribution is -0.306. The van der Waals surface area contributed by atoms with E-state index in [0.717, 1.165) is 22.9 Å². The molecule has 0 amide bonds. The van der Waals surface area contributed by atoms with Crippen LogP contribution >= 0.6 is 11.8 Å². The van der Waals surface area contributed by atoms with Crippen LogP contribution in [0.2, 0.25) is 0 Å². The summed E-state index contributed by atoms with van der Waals surface area (Å²) in [4.78, 5) is 11.4. The van der Waals surface area contributed by atoms with E-state index in [1.807, 2.05) is 60.7 Å². The van der Waals surface area contributed by atoms with Crippen molar-refractivity contribution >= 4 is 16.9 Å². The van der Waals surface area contributed by atoms with E-state index in [1.165, 1.54) is 14.0 Å². The van der Waals surface area contributed by atoms with Gasteiger partial charge in [0.25, 0.3) is 0 Å². The number of methoxy groups -OCH3 is 1. The summed E-state index contributed by atoms with van der Waals surface area (Å²) in [5.41, 5.74) is 1.99. The van der Waals surface area contributed by atoms with Crippen LogP contribution < -0.4 is 0 Å². The van der Waals surface area contributed by atoms with E-state index < -0.39 is 30.7 Å². The molecule has 1 aliphatic heterocycles. The van der Waals surface area contributed by atoms with Gasteiger partial charge >= 0.3 is 0 Å². The molecule has 5 atom stereocenters. The third-order valence-corrected chi connectivity index (χ3v) is 5.77. The third kappa shape index (κ3) is 6.38. The highest BCUT2D eigenvalue weighted by Crippen LogP contribution is 2.29. The Balaban J connectivity index is 1.75. The molecule has 0 aliphatic carbocycles. The van der Waals surface area contributed by atoms with E-state index in [-0.39, 0.29) is 5.12 Å². The topological polar surface area (TPSA) is 74.2 Å². The van der Waals surface area contributed by atoms with Crippen molar-refractivity contribution in [2.45, 2.75) is 50.8 Å². The molecule has 162 valence electrons. The fourth-order valence-corrected chi connectivity index (χ4v) is 3.99. The third-order valence-electron chi connectivity index (χ3n) is 4.87. The van der Waals surface area contributed by atoms with E-state index in [2.05, 4.69) is 0 Å². The Bertz CT molecular complexity index is 772. The summed E-state index contributed by atoms with van der Waals surface area (Å²) in [7, 11) is 1.53. The first-order valence-electron chi connectivity index (χ1n) is 9.89. The second kappa shape index (κ2) is 11.6. The van der Waals surface area contributed by atoms with E-state index in [9.17, 15) is 9.90 Å². The average Bonchev–Trinajstić information content (AvgIpc) is 2.77. The van der Waals surface area contributed by atoms with Gasteiger partial charge in [-0.15, -0.1) is 0 Å². The highest BCUT2D eigenvalue weighted by atomic mass is 32.2. The summed E-state index contributed by atoms with van der Waals surface area (Å²) in [5, 5.41) is 11.0. The smallest absolute Gasteiger partial charge is 0.186 e.